The van der Waals surface area contributed by atoms with Gasteiger partial charge in [0, 0.05) is 12.2 Å². The summed E-state index contributed by atoms with van der Waals surface area (Å²) in [6, 6.07) is 13.5. The van der Waals surface area contributed by atoms with Crippen LogP contribution in [-0.4, -0.2) is 27.1 Å². The van der Waals surface area contributed by atoms with Crippen molar-refractivity contribution < 1.29 is 13.2 Å². The molecule has 0 fully saturated rings. The molecule has 6 heteroatoms. The number of carbonyl (C=O) groups is 1. The average Bonchev–Trinajstić information content (AvgIpc) is 3.00. The van der Waals surface area contributed by atoms with Gasteiger partial charge < -0.3 is 5.32 Å². The molecule has 1 amide bonds. The Morgan fingerprint density at radius 1 is 1.11 bits per heavy atom. The number of rotatable bonds is 5. The molecule has 1 unspecified atom stereocenters. The third-order valence-corrected chi connectivity index (χ3v) is 6.17. The first-order valence-corrected chi connectivity index (χ1v) is 11.0. The largest absolute Gasteiger partial charge is 0.326 e. The number of fused-ring (bicyclic) bond motifs is 1. The molecule has 1 heterocycles. The minimum Gasteiger partial charge on any atom is -0.326 e. The second-order valence-electron chi connectivity index (χ2n) is 7.55. The van der Waals surface area contributed by atoms with Gasteiger partial charge in [0.1, 0.15) is 0 Å². The molecule has 2 aromatic carbocycles. The molecule has 0 saturated carbocycles. The van der Waals surface area contributed by atoms with Crippen molar-refractivity contribution in [3.63, 3.8) is 0 Å². The van der Waals surface area contributed by atoms with Gasteiger partial charge in [-0.15, -0.1) is 0 Å². The van der Waals surface area contributed by atoms with E-state index in [1.54, 1.807) is 12.1 Å². The maximum absolute atomic E-state index is 12.9. The smallest absolute Gasteiger partial charge is 0.232 e. The summed E-state index contributed by atoms with van der Waals surface area (Å²) in [6.45, 7) is 6.55. The molecule has 3 rings (SSSR count). The van der Waals surface area contributed by atoms with E-state index < -0.39 is 10.0 Å². The van der Waals surface area contributed by atoms with Crippen LogP contribution in [0.1, 0.15) is 36.5 Å². The van der Waals surface area contributed by atoms with Crippen molar-refractivity contribution in [2.75, 3.05) is 22.4 Å². The van der Waals surface area contributed by atoms with Crippen LogP contribution < -0.4 is 9.62 Å². The Balaban J connectivity index is 1.82. The summed E-state index contributed by atoms with van der Waals surface area (Å²) in [5, 5.41) is 3.01. The monoisotopic (exact) mass is 386 g/mol. The van der Waals surface area contributed by atoms with Crippen molar-refractivity contribution in [1.82, 2.24) is 0 Å². The topological polar surface area (TPSA) is 66.5 Å². The number of carbonyl (C=O) groups excluding carboxylic acids is 1. The van der Waals surface area contributed by atoms with Crippen molar-refractivity contribution >= 4 is 27.3 Å². The van der Waals surface area contributed by atoms with Crippen LogP contribution in [0, 0.1) is 12.8 Å². The summed E-state index contributed by atoms with van der Waals surface area (Å²) in [4.78, 5) is 12.9. The van der Waals surface area contributed by atoms with Gasteiger partial charge in [0.05, 0.1) is 17.9 Å². The van der Waals surface area contributed by atoms with Crippen LogP contribution in [0.3, 0.4) is 0 Å². The van der Waals surface area contributed by atoms with Gasteiger partial charge in [-0.25, -0.2) is 8.42 Å². The van der Waals surface area contributed by atoms with E-state index in [0.29, 0.717) is 24.3 Å². The van der Waals surface area contributed by atoms with Gasteiger partial charge in [-0.05, 0) is 48.6 Å². The molecule has 2 aromatic rings. The number of nitrogens with zero attached hydrogens (tertiary/aromatic N) is 1. The van der Waals surface area contributed by atoms with Crippen LogP contribution in [0.25, 0.3) is 0 Å². The van der Waals surface area contributed by atoms with E-state index in [9.17, 15) is 13.2 Å². The molecule has 0 spiro atoms. The second-order valence-corrected chi connectivity index (χ2v) is 9.46. The molecule has 144 valence electrons. The zero-order valence-electron chi connectivity index (χ0n) is 16.2. The van der Waals surface area contributed by atoms with Crippen LogP contribution in [0.15, 0.2) is 42.5 Å². The zero-order chi connectivity index (χ0) is 19.8. The van der Waals surface area contributed by atoms with Gasteiger partial charge in [-0.2, -0.15) is 0 Å². The van der Waals surface area contributed by atoms with Crippen LogP contribution in [-0.2, 0) is 21.2 Å². The highest BCUT2D eigenvalue weighted by Crippen LogP contribution is 2.33. The average molecular weight is 387 g/mol. The molecule has 1 atom stereocenters. The summed E-state index contributed by atoms with van der Waals surface area (Å²) in [5.74, 6) is -0.138. The third-order valence-electron chi connectivity index (χ3n) is 4.99. The molecule has 27 heavy (non-hydrogen) atoms. The Morgan fingerprint density at radius 3 is 2.37 bits per heavy atom. The van der Waals surface area contributed by atoms with Crippen molar-refractivity contribution in [3.8, 4) is 0 Å². The SMILES string of the molecule is Cc1ccc(C(C(=O)Nc2ccc3c(c2)CCN3S(C)(=O)=O)C(C)C)cc1. The van der Waals surface area contributed by atoms with E-state index in [2.05, 4.69) is 5.32 Å². The lowest BCUT2D eigenvalue weighted by Crippen LogP contribution is -2.27. The zero-order valence-corrected chi connectivity index (χ0v) is 17.0. The summed E-state index contributed by atoms with van der Waals surface area (Å²) in [6.07, 6.45) is 1.87. The normalized spacial score (nSPS) is 14.9. The second kappa shape index (κ2) is 7.35. The van der Waals surface area contributed by atoms with Crippen LogP contribution in [0.2, 0.25) is 0 Å². The molecular formula is C21H26N2O3S. The first kappa shape index (κ1) is 19.4. The number of aryl methyl sites for hydroxylation is 1. The fourth-order valence-electron chi connectivity index (χ4n) is 3.63. The Labute approximate surface area is 161 Å². The van der Waals surface area contributed by atoms with Crippen molar-refractivity contribution in [3.05, 3.63) is 59.2 Å². The molecule has 1 aliphatic heterocycles. The first-order chi connectivity index (χ1) is 12.7. The van der Waals surface area contributed by atoms with E-state index in [1.807, 2.05) is 51.1 Å². The van der Waals surface area contributed by atoms with E-state index in [4.69, 9.17) is 0 Å². The molecule has 5 nitrogen and oxygen atoms in total. The number of amides is 1. The third kappa shape index (κ3) is 4.16. The molecule has 0 bridgehead atoms. The minimum absolute atomic E-state index is 0.0493. The summed E-state index contributed by atoms with van der Waals surface area (Å²) < 4.78 is 25.1. The van der Waals surface area contributed by atoms with Gasteiger partial charge in [0.2, 0.25) is 15.9 Å². The molecule has 1 N–H and O–H groups in total. The molecule has 0 aromatic heterocycles. The lowest BCUT2D eigenvalue weighted by Gasteiger charge is -2.21. The van der Waals surface area contributed by atoms with Crippen molar-refractivity contribution in [2.24, 2.45) is 5.92 Å². The molecule has 0 saturated heterocycles. The molecule has 1 aliphatic rings. The van der Waals surface area contributed by atoms with Gasteiger partial charge in [0.25, 0.3) is 0 Å². The lowest BCUT2D eigenvalue weighted by molar-refractivity contribution is -0.118. The summed E-state index contributed by atoms with van der Waals surface area (Å²) >= 11 is 0. The molecule has 0 aliphatic carbocycles. The van der Waals surface area contributed by atoms with E-state index in [0.717, 1.165) is 16.7 Å². The first-order valence-electron chi connectivity index (χ1n) is 9.15. The highest BCUT2D eigenvalue weighted by molar-refractivity contribution is 7.92. The predicted octanol–water partition coefficient (Wildman–Crippen LogP) is 3.70. The van der Waals surface area contributed by atoms with Gasteiger partial charge >= 0.3 is 0 Å². The van der Waals surface area contributed by atoms with Crippen LogP contribution in [0.4, 0.5) is 11.4 Å². The fraction of sp³-hybridized carbons (Fsp3) is 0.381. The Hall–Kier alpha value is -2.34. The Bertz CT molecular complexity index is 950. The number of nitrogens with one attached hydrogen (secondary N) is 1. The number of benzene rings is 2. The van der Waals surface area contributed by atoms with E-state index in [1.165, 1.54) is 10.6 Å². The van der Waals surface area contributed by atoms with Gasteiger partial charge in [-0.3, -0.25) is 9.10 Å². The number of anilines is 2. The van der Waals surface area contributed by atoms with Gasteiger partial charge in [0.15, 0.2) is 0 Å². The van der Waals surface area contributed by atoms with E-state index in [-0.39, 0.29) is 17.7 Å². The maximum Gasteiger partial charge on any atom is 0.232 e. The lowest BCUT2D eigenvalue weighted by atomic mass is 9.87. The van der Waals surface area contributed by atoms with Crippen LogP contribution in [0.5, 0.6) is 0 Å². The van der Waals surface area contributed by atoms with Crippen molar-refractivity contribution in [1.29, 1.82) is 0 Å². The van der Waals surface area contributed by atoms with Gasteiger partial charge in [-0.1, -0.05) is 43.7 Å². The Kier molecular flexibility index (Phi) is 5.29. The highest BCUT2D eigenvalue weighted by atomic mass is 32.2. The number of sulfonamides is 1. The van der Waals surface area contributed by atoms with E-state index >= 15 is 0 Å². The molecule has 0 radical (unpaired) electrons. The Morgan fingerprint density at radius 2 is 1.78 bits per heavy atom. The van der Waals surface area contributed by atoms with Crippen LogP contribution >= 0.6 is 0 Å². The standard InChI is InChI=1S/C21H26N2O3S/c1-14(2)20(16-7-5-15(3)6-8-16)21(24)22-18-9-10-19-17(13-18)11-12-23(19)27(4,25)26/h5-10,13-14,20H,11-12H2,1-4H3,(H,22,24). The minimum atomic E-state index is -3.27. The number of hydrogen-bond acceptors (Lipinski definition) is 3. The highest BCUT2D eigenvalue weighted by Gasteiger charge is 2.27. The van der Waals surface area contributed by atoms with Crippen molar-refractivity contribution in [2.45, 2.75) is 33.1 Å². The summed E-state index contributed by atoms with van der Waals surface area (Å²) in [5.41, 5.74) is 4.50. The predicted molar refractivity (Wildman–Crippen MR) is 110 cm³/mol. The summed E-state index contributed by atoms with van der Waals surface area (Å²) in [7, 11) is -3.27. The fourth-order valence-corrected chi connectivity index (χ4v) is 4.58. The maximum atomic E-state index is 12.9. The number of hydrogen-bond donors (Lipinski definition) is 1. The quantitative estimate of drug-likeness (QED) is 0.852. The molecular weight excluding hydrogens is 360 g/mol.